The van der Waals surface area contributed by atoms with Crippen molar-refractivity contribution in [2.75, 3.05) is 5.75 Å². The lowest BCUT2D eigenvalue weighted by atomic mass is 10.1. The van der Waals surface area contributed by atoms with Crippen LogP contribution < -0.4 is 0 Å². The van der Waals surface area contributed by atoms with Crippen molar-refractivity contribution >= 4 is 46.6 Å². The molecule has 0 aliphatic carbocycles. The van der Waals surface area contributed by atoms with Crippen molar-refractivity contribution in [3.63, 3.8) is 0 Å². The van der Waals surface area contributed by atoms with Crippen molar-refractivity contribution in [3.05, 3.63) is 21.3 Å². The number of carboxylic acids is 1. The minimum Gasteiger partial charge on any atom is -0.480 e. The number of thioether (sulfide) groups is 1. The minimum absolute atomic E-state index is 0.102. The van der Waals surface area contributed by atoms with Gasteiger partial charge in [-0.3, -0.25) is 4.79 Å². The van der Waals surface area contributed by atoms with Gasteiger partial charge in [-0.05, 0) is 18.1 Å². The van der Waals surface area contributed by atoms with Crippen LogP contribution in [0.3, 0.4) is 0 Å². The molecule has 0 bridgehead atoms. The standard InChI is InChI=1S/C12H14ClNO3S2/c1-6(2)11-14(7(5-18-11)12(16)17)10(15)8-3-4-9(13)19-8/h3-4,6-7,11H,5H2,1-2H3,(H,16,17). The van der Waals surface area contributed by atoms with Crippen LogP contribution in [0.2, 0.25) is 4.34 Å². The van der Waals surface area contributed by atoms with E-state index in [1.807, 2.05) is 13.8 Å². The Morgan fingerprint density at radius 2 is 2.16 bits per heavy atom. The van der Waals surface area contributed by atoms with E-state index in [9.17, 15) is 14.7 Å². The average molecular weight is 320 g/mol. The SMILES string of the molecule is CC(C)C1SCC(C(=O)O)N1C(=O)c1ccc(Cl)s1. The molecule has 2 rings (SSSR count). The zero-order valence-electron chi connectivity index (χ0n) is 10.5. The van der Waals surface area contributed by atoms with Crippen LogP contribution in [-0.4, -0.2) is 39.1 Å². The second-order valence-electron chi connectivity index (χ2n) is 4.64. The molecular formula is C12H14ClNO3S2. The number of nitrogens with zero attached hydrogens (tertiary/aromatic N) is 1. The van der Waals surface area contributed by atoms with Crippen LogP contribution in [0.15, 0.2) is 12.1 Å². The quantitative estimate of drug-likeness (QED) is 0.930. The average Bonchev–Trinajstić information content (AvgIpc) is 2.93. The Hall–Kier alpha value is -0.720. The molecule has 0 radical (unpaired) electrons. The Morgan fingerprint density at radius 3 is 2.63 bits per heavy atom. The van der Waals surface area contributed by atoms with Crippen molar-refractivity contribution in [2.45, 2.75) is 25.3 Å². The number of rotatable bonds is 3. The summed E-state index contributed by atoms with van der Waals surface area (Å²) >= 11 is 8.54. The molecule has 19 heavy (non-hydrogen) atoms. The van der Waals surface area contributed by atoms with Gasteiger partial charge in [0.15, 0.2) is 0 Å². The summed E-state index contributed by atoms with van der Waals surface area (Å²) in [5.74, 6) is -0.559. The Labute approximate surface area is 124 Å². The van der Waals surface area contributed by atoms with Gasteiger partial charge in [0.05, 0.1) is 14.6 Å². The molecular weight excluding hydrogens is 306 g/mol. The largest absolute Gasteiger partial charge is 0.480 e. The summed E-state index contributed by atoms with van der Waals surface area (Å²) in [6.45, 7) is 3.98. The number of aliphatic carboxylic acids is 1. The topological polar surface area (TPSA) is 57.6 Å². The molecule has 2 heterocycles. The van der Waals surface area contributed by atoms with E-state index in [4.69, 9.17) is 11.6 Å². The molecule has 1 amide bonds. The molecule has 1 aliphatic rings. The molecule has 1 fully saturated rings. The van der Waals surface area contributed by atoms with Crippen molar-refractivity contribution in [3.8, 4) is 0 Å². The second-order valence-corrected chi connectivity index (χ2v) is 7.50. The van der Waals surface area contributed by atoms with Crippen LogP contribution in [0.1, 0.15) is 23.5 Å². The summed E-state index contributed by atoms with van der Waals surface area (Å²) in [4.78, 5) is 25.8. The van der Waals surface area contributed by atoms with Gasteiger partial charge in [-0.25, -0.2) is 4.79 Å². The molecule has 1 saturated heterocycles. The second kappa shape index (κ2) is 5.73. The first-order valence-electron chi connectivity index (χ1n) is 5.84. The summed E-state index contributed by atoms with van der Waals surface area (Å²) in [6, 6.07) is 2.54. The first-order chi connectivity index (χ1) is 8.91. The van der Waals surface area contributed by atoms with Crippen LogP contribution in [0.5, 0.6) is 0 Å². The van der Waals surface area contributed by atoms with Crippen molar-refractivity contribution < 1.29 is 14.7 Å². The van der Waals surface area contributed by atoms with E-state index in [1.54, 1.807) is 12.1 Å². The highest BCUT2D eigenvalue weighted by atomic mass is 35.5. The first-order valence-corrected chi connectivity index (χ1v) is 8.08. The normalized spacial score (nSPS) is 23.1. The molecule has 0 saturated carbocycles. The molecule has 2 unspecified atom stereocenters. The minimum atomic E-state index is -0.952. The van der Waals surface area contributed by atoms with Crippen LogP contribution in [0.4, 0.5) is 0 Å². The van der Waals surface area contributed by atoms with Crippen LogP contribution >= 0.6 is 34.7 Å². The predicted molar refractivity (Wildman–Crippen MR) is 78.0 cm³/mol. The fourth-order valence-electron chi connectivity index (χ4n) is 2.05. The molecule has 104 valence electrons. The Balaban J connectivity index is 2.30. The lowest BCUT2D eigenvalue weighted by molar-refractivity contribution is -0.141. The maximum Gasteiger partial charge on any atom is 0.327 e. The van der Waals surface area contributed by atoms with E-state index >= 15 is 0 Å². The van der Waals surface area contributed by atoms with E-state index in [0.29, 0.717) is 15.0 Å². The van der Waals surface area contributed by atoms with Crippen molar-refractivity contribution in [1.82, 2.24) is 4.90 Å². The van der Waals surface area contributed by atoms with E-state index in [0.717, 1.165) is 0 Å². The fourth-order valence-corrected chi connectivity index (χ4v) is 4.50. The zero-order chi connectivity index (χ0) is 14.2. The zero-order valence-corrected chi connectivity index (χ0v) is 12.9. The van der Waals surface area contributed by atoms with Gasteiger partial charge in [-0.2, -0.15) is 0 Å². The monoisotopic (exact) mass is 319 g/mol. The van der Waals surface area contributed by atoms with E-state index < -0.39 is 12.0 Å². The Morgan fingerprint density at radius 1 is 1.47 bits per heavy atom. The van der Waals surface area contributed by atoms with Crippen LogP contribution in [0, 0.1) is 5.92 Å². The van der Waals surface area contributed by atoms with Gasteiger partial charge in [0.25, 0.3) is 5.91 Å². The third-order valence-electron chi connectivity index (χ3n) is 2.91. The highest BCUT2D eigenvalue weighted by Crippen LogP contribution is 2.36. The number of carboxylic acid groups (broad SMARTS) is 1. The number of hydrogen-bond donors (Lipinski definition) is 1. The maximum atomic E-state index is 12.5. The highest BCUT2D eigenvalue weighted by molar-refractivity contribution is 8.00. The third kappa shape index (κ3) is 2.90. The number of carbonyl (C=O) groups is 2. The third-order valence-corrected chi connectivity index (χ3v) is 5.75. The fraction of sp³-hybridized carbons (Fsp3) is 0.500. The maximum absolute atomic E-state index is 12.5. The highest BCUT2D eigenvalue weighted by Gasteiger charge is 2.43. The summed E-state index contributed by atoms with van der Waals surface area (Å²) < 4.78 is 0.531. The summed E-state index contributed by atoms with van der Waals surface area (Å²) in [5, 5.41) is 9.15. The molecule has 1 aromatic rings. The molecule has 0 spiro atoms. The summed E-state index contributed by atoms with van der Waals surface area (Å²) in [6.07, 6.45) is 0. The van der Waals surface area contributed by atoms with Gasteiger partial charge in [-0.15, -0.1) is 23.1 Å². The molecule has 1 N–H and O–H groups in total. The molecule has 1 aromatic heterocycles. The van der Waals surface area contributed by atoms with E-state index in [-0.39, 0.29) is 17.2 Å². The van der Waals surface area contributed by atoms with Gasteiger partial charge in [0.2, 0.25) is 0 Å². The number of thiophene rings is 1. The predicted octanol–water partition coefficient (Wildman–Crippen LogP) is 3.03. The van der Waals surface area contributed by atoms with E-state index in [1.165, 1.54) is 28.0 Å². The van der Waals surface area contributed by atoms with Crippen molar-refractivity contribution in [1.29, 1.82) is 0 Å². The van der Waals surface area contributed by atoms with Crippen molar-refractivity contribution in [2.24, 2.45) is 5.92 Å². The number of amides is 1. The smallest absolute Gasteiger partial charge is 0.327 e. The lowest BCUT2D eigenvalue weighted by Gasteiger charge is -2.29. The van der Waals surface area contributed by atoms with E-state index in [2.05, 4.69) is 0 Å². The first kappa shape index (κ1) is 14.7. The van der Waals surface area contributed by atoms with Crippen LogP contribution in [0.25, 0.3) is 0 Å². The Kier molecular flexibility index (Phi) is 4.43. The molecule has 4 nitrogen and oxygen atoms in total. The van der Waals surface area contributed by atoms with Gasteiger partial charge >= 0.3 is 5.97 Å². The molecule has 7 heteroatoms. The van der Waals surface area contributed by atoms with Gasteiger partial charge in [-0.1, -0.05) is 25.4 Å². The van der Waals surface area contributed by atoms with Crippen LogP contribution in [-0.2, 0) is 4.79 Å². The van der Waals surface area contributed by atoms with Gasteiger partial charge in [0, 0.05) is 5.75 Å². The summed E-state index contributed by atoms with van der Waals surface area (Å²) in [7, 11) is 0. The van der Waals surface area contributed by atoms with Gasteiger partial charge < -0.3 is 10.0 Å². The molecule has 1 aliphatic heterocycles. The number of halogens is 1. The van der Waals surface area contributed by atoms with Gasteiger partial charge in [0.1, 0.15) is 6.04 Å². The number of hydrogen-bond acceptors (Lipinski definition) is 4. The Bertz CT molecular complexity index is 503. The number of carbonyl (C=O) groups excluding carboxylic acids is 1. The summed E-state index contributed by atoms with van der Waals surface area (Å²) in [5.41, 5.74) is 0. The molecule has 0 aromatic carbocycles. The lowest BCUT2D eigenvalue weighted by Crippen LogP contribution is -2.46. The molecule has 2 atom stereocenters.